The van der Waals surface area contributed by atoms with Gasteiger partial charge in [0.2, 0.25) is 0 Å². The summed E-state index contributed by atoms with van der Waals surface area (Å²) in [6, 6.07) is 72.0. The van der Waals surface area contributed by atoms with Gasteiger partial charge in [0.15, 0.2) is 0 Å². The normalized spacial score (nSPS) is 11.1. The molecule has 0 bridgehead atoms. The van der Waals surface area contributed by atoms with Crippen molar-refractivity contribution in [1.82, 2.24) is 0 Å². The van der Waals surface area contributed by atoms with Crippen LogP contribution in [0.25, 0.3) is 65.0 Å². The van der Waals surface area contributed by atoms with Gasteiger partial charge in [-0.05, 0) is 44.0 Å². The van der Waals surface area contributed by atoms with Gasteiger partial charge in [-0.15, -0.1) is 68.7 Å². The fraction of sp³-hybridized carbons (Fsp3) is 0.158. The molecule has 0 aliphatic heterocycles. The Bertz CT molecular complexity index is 2730. The van der Waals surface area contributed by atoms with E-state index in [9.17, 15) is 0 Å². The summed E-state index contributed by atoms with van der Waals surface area (Å²) in [4.78, 5) is 0. The topological polar surface area (TPSA) is 0 Å². The van der Waals surface area contributed by atoms with Gasteiger partial charge in [0.1, 0.15) is 0 Å². The molecule has 0 amide bonds. The molecule has 0 atom stereocenters. The molecule has 0 N–H and O–H groups in total. The van der Waals surface area contributed by atoms with E-state index in [4.69, 9.17) is 0 Å². The summed E-state index contributed by atoms with van der Waals surface area (Å²) >= 11 is 1.36. The molecule has 2 heteroatoms. The maximum absolute atomic E-state index is 3.06. The van der Waals surface area contributed by atoms with Gasteiger partial charge in [0, 0.05) is 0 Å². The van der Waals surface area contributed by atoms with Crippen LogP contribution >= 0.6 is 0 Å². The fourth-order valence-corrected chi connectivity index (χ4v) is 7.59. The fourth-order valence-electron chi connectivity index (χ4n) is 7.59. The average Bonchev–Trinajstić information content (AvgIpc) is 3.85. The molecule has 0 aliphatic rings. The third-order valence-electron chi connectivity index (χ3n) is 10.7. The third-order valence-corrected chi connectivity index (χ3v) is 10.7. The predicted octanol–water partition coefficient (Wildman–Crippen LogP) is 15.7. The van der Waals surface area contributed by atoms with Gasteiger partial charge in [0.25, 0.3) is 0 Å². The van der Waals surface area contributed by atoms with Crippen molar-refractivity contribution in [2.24, 2.45) is 0 Å². The zero-order valence-corrected chi connectivity index (χ0v) is 38.9. The van der Waals surface area contributed by atoms with Gasteiger partial charge >= 0.3 is 30.2 Å². The van der Waals surface area contributed by atoms with Crippen LogP contribution in [0.3, 0.4) is 0 Å². The Hall–Kier alpha value is -5.14. The van der Waals surface area contributed by atoms with Crippen LogP contribution in [-0.4, -0.2) is 6.88 Å². The van der Waals surface area contributed by atoms with Gasteiger partial charge in [-0.1, -0.05) is 144 Å². The molecule has 0 heterocycles. The standard InChI is InChI=1S/C24H17.C21H25.2C6H5.Si.Zr/c1-16-13-14-17-8-6-12-22(24(16)17)23-15-18-7-2-3-9-19(18)20-10-4-5-11-21(20)23;1-20(2,3)16-7-9-18-14(12-16)11-15-13-17(21(4,5)6)8-10-19(15)18;2*1-2-4-6-5-3-1;;/h2-15H,1H3;7-13H,1-6H3;2*1-5H;;/q4*-1;;. The summed E-state index contributed by atoms with van der Waals surface area (Å²) in [5.41, 5.74) is 7.21. The van der Waals surface area contributed by atoms with Gasteiger partial charge < -0.3 is 0 Å². The minimum atomic E-state index is 0.203. The zero-order valence-electron chi connectivity index (χ0n) is 35.4. The van der Waals surface area contributed by atoms with Gasteiger partial charge in [0.05, 0.1) is 0 Å². The number of rotatable bonds is 1. The Kier molecular flexibility index (Phi) is 14.5. The van der Waals surface area contributed by atoms with E-state index in [2.05, 4.69) is 195 Å². The first-order chi connectivity index (χ1) is 28.5. The van der Waals surface area contributed by atoms with Crippen molar-refractivity contribution >= 4 is 60.7 Å². The van der Waals surface area contributed by atoms with Crippen LogP contribution in [0.1, 0.15) is 58.2 Å². The molecular weight excluding hydrogens is 804 g/mol. The first kappa shape index (κ1) is 43.4. The van der Waals surface area contributed by atoms with Crippen molar-refractivity contribution in [3.05, 3.63) is 217 Å². The van der Waals surface area contributed by atoms with Crippen LogP contribution in [0.2, 0.25) is 0 Å². The maximum Gasteiger partial charge on any atom is -0.171 e. The van der Waals surface area contributed by atoms with Crippen LogP contribution in [0.5, 0.6) is 0 Å². The van der Waals surface area contributed by atoms with E-state index in [1.165, 1.54) is 105 Å². The smallest absolute Gasteiger partial charge is 0.171 e. The monoisotopic (exact) mass is 854 g/mol. The molecule has 0 nitrogen and oxygen atoms in total. The van der Waals surface area contributed by atoms with Crippen LogP contribution in [0, 0.1) is 19.1 Å². The van der Waals surface area contributed by atoms with Gasteiger partial charge in [-0.2, -0.15) is 84.4 Å². The van der Waals surface area contributed by atoms with Crippen LogP contribution in [0.15, 0.2) is 188 Å². The third kappa shape index (κ3) is 10.5. The number of hydrogen-bond acceptors (Lipinski definition) is 0. The average molecular weight is 856 g/mol. The molecule has 59 heavy (non-hydrogen) atoms. The van der Waals surface area contributed by atoms with Crippen molar-refractivity contribution in [3.8, 4) is 11.1 Å². The molecular formula is C57H52SiZr-4. The van der Waals surface area contributed by atoms with Crippen LogP contribution in [-0.2, 0) is 34.2 Å². The van der Waals surface area contributed by atoms with E-state index < -0.39 is 0 Å². The Labute approximate surface area is 368 Å². The Morgan fingerprint density at radius 1 is 0.458 bits per heavy atom. The van der Waals surface area contributed by atoms with Crippen molar-refractivity contribution in [2.45, 2.75) is 59.3 Å². The minimum Gasteiger partial charge on any atom is -0.184 e. The Morgan fingerprint density at radius 2 is 0.966 bits per heavy atom. The number of benzene rings is 8. The van der Waals surface area contributed by atoms with E-state index in [0.29, 0.717) is 0 Å². The molecule has 2 radical (unpaired) electrons. The largest absolute Gasteiger partial charge is 0.184 e. The summed E-state index contributed by atoms with van der Waals surface area (Å²) in [6.07, 6.45) is 0. The Balaban J connectivity index is 0.000000151. The number of aryl methyl sites for hydroxylation is 1. The quantitative estimate of drug-likeness (QED) is 0.0877. The summed E-state index contributed by atoms with van der Waals surface area (Å²) < 4.78 is 0. The molecule has 10 aromatic carbocycles. The second-order valence-corrected chi connectivity index (χ2v) is 16.9. The first-order valence-corrected chi connectivity index (χ1v) is 24.4. The molecule has 292 valence electrons. The van der Waals surface area contributed by atoms with E-state index in [0.717, 1.165) is 0 Å². The molecule has 0 aromatic heterocycles. The molecule has 10 rings (SSSR count). The van der Waals surface area contributed by atoms with Gasteiger partial charge in [-0.3, -0.25) is 0 Å². The Morgan fingerprint density at radius 3 is 1.46 bits per heavy atom. The molecule has 0 aliphatic carbocycles. The number of fused-ring (bicyclic) bond motifs is 7. The number of hydrogen-bond donors (Lipinski definition) is 0. The van der Waals surface area contributed by atoms with Crippen LogP contribution < -0.4 is 0 Å². The summed E-state index contributed by atoms with van der Waals surface area (Å²) in [5, 5.41) is 13.4. The van der Waals surface area contributed by atoms with Crippen molar-refractivity contribution < 1.29 is 23.3 Å². The summed E-state index contributed by atoms with van der Waals surface area (Å²) in [7, 11) is 0. The first-order valence-electron chi connectivity index (χ1n) is 20.3. The molecule has 0 saturated heterocycles. The van der Waals surface area contributed by atoms with Crippen molar-refractivity contribution in [2.75, 3.05) is 0 Å². The SMILES string of the molecule is CC(C)(C)c1ccc2c(c1)[cH-]c1cc(C(C)(C)C)ccc12.Cc1c[cH-]c2cccc(-c3cc4ccccc4c4ccccc34)c12.[Si]=[Zr].[c-]1ccccc1.[c-]1ccccc1. The second kappa shape index (κ2) is 19.7. The van der Waals surface area contributed by atoms with E-state index in [1.54, 1.807) is 0 Å². The predicted molar refractivity (Wildman–Crippen MR) is 255 cm³/mol. The summed E-state index contributed by atoms with van der Waals surface area (Å²) in [6.45, 7) is 18.9. The second-order valence-electron chi connectivity index (χ2n) is 16.9. The zero-order chi connectivity index (χ0) is 42.0. The maximum atomic E-state index is 3.06. The van der Waals surface area contributed by atoms with E-state index in [1.807, 2.05) is 60.7 Å². The van der Waals surface area contributed by atoms with Crippen molar-refractivity contribution in [3.63, 3.8) is 0 Å². The minimum absolute atomic E-state index is 0.203. The van der Waals surface area contributed by atoms with E-state index in [-0.39, 0.29) is 10.8 Å². The van der Waals surface area contributed by atoms with E-state index >= 15 is 0 Å². The molecule has 0 fully saturated rings. The molecule has 0 spiro atoms. The van der Waals surface area contributed by atoms with Gasteiger partial charge in [-0.25, -0.2) is 0 Å². The van der Waals surface area contributed by atoms with Crippen LogP contribution in [0.4, 0.5) is 0 Å². The van der Waals surface area contributed by atoms with Crippen molar-refractivity contribution in [1.29, 1.82) is 0 Å². The molecule has 0 saturated carbocycles. The molecule has 10 aromatic rings. The molecule has 0 unspecified atom stereocenters. The summed E-state index contributed by atoms with van der Waals surface area (Å²) in [5.74, 6) is 0.